The van der Waals surface area contributed by atoms with Crippen LogP contribution in [0.15, 0.2) is 0 Å². The average molecular weight is 270 g/mol. The Kier molecular flexibility index (Phi) is 8.84. The topological polar surface area (TPSA) is 50.4 Å². The molecule has 1 rings (SSSR count). The van der Waals surface area contributed by atoms with Gasteiger partial charge in [0.1, 0.15) is 0 Å². The molecule has 4 heteroatoms. The van der Waals surface area contributed by atoms with Gasteiger partial charge in [0.2, 0.25) is 5.91 Å². The molecule has 0 spiro atoms. The van der Waals surface area contributed by atoms with Crippen LogP contribution >= 0.6 is 0 Å². The van der Waals surface area contributed by atoms with Gasteiger partial charge in [-0.3, -0.25) is 4.79 Å². The summed E-state index contributed by atoms with van der Waals surface area (Å²) in [5.74, 6) is 0.130. The van der Waals surface area contributed by atoms with E-state index in [1.54, 1.807) is 0 Å². The van der Waals surface area contributed by atoms with E-state index in [2.05, 4.69) is 24.5 Å². The first-order valence-corrected chi connectivity index (χ1v) is 7.80. The summed E-state index contributed by atoms with van der Waals surface area (Å²) in [6.45, 7) is 6.42. The van der Waals surface area contributed by atoms with Gasteiger partial charge in [0.25, 0.3) is 0 Å². The van der Waals surface area contributed by atoms with Gasteiger partial charge in [-0.1, -0.05) is 33.1 Å². The number of rotatable bonds is 9. The maximum absolute atomic E-state index is 11.5. The van der Waals surface area contributed by atoms with Gasteiger partial charge in [-0.15, -0.1) is 0 Å². The number of nitrogens with one attached hydrogen (secondary N) is 2. The van der Waals surface area contributed by atoms with Crippen molar-refractivity contribution in [3.05, 3.63) is 0 Å². The standard InChI is InChI=1S/C15H30N2O2/c1-13(2)16-11-9-15(18)17-10-6-12-19-14-7-4-3-5-8-14/h13-14,16H,3-12H2,1-2H3,(H,17,18). The fourth-order valence-electron chi connectivity index (χ4n) is 2.34. The van der Waals surface area contributed by atoms with Crippen molar-refractivity contribution in [3.8, 4) is 0 Å². The van der Waals surface area contributed by atoms with Gasteiger partial charge < -0.3 is 15.4 Å². The summed E-state index contributed by atoms with van der Waals surface area (Å²) in [6.07, 6.45) is 8.36. The molecule has 1 aliphatic rings. The zero-order chi connectivity index (χ0) is 13.9. The molecule has 0 aromatic carbocycles. The fraction of sp³-hybridized carbons (Fsp3) is 0.933. The second-order valence-electron chi connectivity index (χ2n) is 5.69. The zero-order valence-electron chi connectivity index (χ0n) is 12.5. The van der Waals surface area contributed by atoms with E-state index in [0.29, 0.717) is 18.6 Å². The van der Waals surface area contributed by atoms with E-state index in [1.807, 2.05) is 0 Å². The SMILES string of the molecule is CC(C)NCCC(=O)NCCCOC1CCCCC1. The van der Waals surface area contributed by atoms with Crippen molar-refractivity contribution in [2.24, 2.45) is 0 Å². The highest BCUT2D eigenvalue weighted by molar-refractivity contribution is 5.75. The van der Waals surface area contributed by atoms with Gasteiger partial charge >= 0.3 is 0 Å². The molecule has 0 bridgehead atoms. The molecule has 0 unspecified atom stereocenters. The van der Waals surface area contributed by atoms with Crippen LogP contribution in [0.5, 0.6) is 0 Å². The third-order valence-corrected chi connectivity index (χ3v) is 3.45. The van der Waals surface area contributed by atoms with Gasteiger partial charge in [0.05, 0.1) is 6.10 Å². The summed E-state index contributed by atoms with van der Waals surface area (Å²) < 4.78 is 5.81. The van der Waals surface area contributed by atoms with E-state index in [4.69, 9.17) is 4.74 Å². The number of amides is 1. The van der Waals surface area contributed by atoms with E-state index >= 15 is 0 Å². The van der Waals surface area contributed by atoms with Crippen LogP contribution in [-0.2, 0) is 9.53 Å². The van der Waals surface area contributed by atoms with Crippen molar-refractivity contribution in [2.45, 2.75) is 70.9 Å². The lowest BCUT2D eigenvalue weighted by Crippen LogP contribution is -2.31. The van der Waals surface area contributed by atoms with Crippen LogP contribution in [-0.4, -0.2) is 37.7 Å². The maximum atomic E-state index is 11.5. The second kappa shape index (κ2) is 10.2. The number of ether oxygens (including phenoxy) is 1. The molecule has 0 aromatic rings. The zero-order valence-corrected chi connectivity index (χ0v) is 12.5. The van der Waals surface area contributed by atoms with Gasteiger partial charge in [0.15, 0.2) is 0 Å². The van der Waals surface area contributed by atoms with Crippen LogP contribution in [0.4, 0.5) is 0 Å². The molecular formula is C15H30N2O2. The summed E-state index contributed by atoms with van der Waals surface area (Å²) >= 11 is 0. The monoisotopic (exact) mass is 270 g/mol. The predicted molar refractivity (Wildman–Crippen MR) is 78.2 cm³/mol. The van der Waals surface area contributed by atoms with Crippen molar-refractivity contribution in [2.75, 3.05) is 19.7 Å². The number of carbonyl (C=O) groups excluding carboxylic acids is 1. The molecule has 1 fully saturated rings. The number of carbonyl (C=O) groups is 1. The van der Waals surface area contributed by atoms with Crippen LogP contribution in [0.3, 0.4) is 0 Å². The van der Waals surface area contributed by atoms with E-state index in [-0.39, 0.29) is 5.91 Å². The average Bonchev–Trinajstić information content (AvgIpc) is 2.39. The molecule has 1 saturated carbocycles. The minimum atomic E-state index is 0.130. The Balaban J connectivity index is 1.88. The molecule has 0 aromatic heterocycles. The van der Waals surface area contributed by atoms with Crippen molar-refractivity contribution in [1.82, 2.24) is 10.6 Å². The quantitative estimate of drug-likeness (QED) is 0.632. The normalized spacial score (nSPS) is 16.8. The Morgan fingerprint density at radius 2 is 1.95 bits per heavy atom. The first-order valence-electron chi connectivity index (χ1n) is 7.80. The van der Waals surface area contributed by atoms with Crippen LogP contribution < -0.4 is 10.6 Å². The molecule has 0 radical (unpaired) electrons. The fourth-order valence-corrected chi connectivity index (χ4v) is 2.34. The molecule has 0 aliphatic heterocycles. The highest BCUT2D eigenvalue weighted by atomic mass is 16.5. The summed E-state index contributed by atoms with van der Waals surface area (Å²) in [6, 6.07) is 0.441. The molecule has 1 aliphatic carbocycles. The maximum Gasteiger partial charge on any atom is 0.221 e. The lowest BCUT2D eigenvalue weighted by atomic mass is 9.98. The van der Waals surface area contributed by atoms with Crippen molar-refractivity contribution in [1.29, 1.82) is 0 Å². The van der Waals surface area contributed by atoms with Crippen LogP contribution in [0, 0.1) is 0 Å². The predicted octanol–water partition coefficient (Wildman–Crippen LogP) is 2.23. The molecular weight excluding hydrogens is 240 g/mol. The lowest BCUT2D eigenvalue weighted by Gasteiger charge is -2.21. The minimum Gasteiger partial charge on any atom is -0.378 e. The van der Waals surface area contributed by atoms with Gasteiger partial charge in [-0.25, -0.2) is 0 Å². The Hall–Kier alpha value is -0.610. The number of hydrogen-bond acceptors (Lipinski definition) is 3. The highest BCUT2D eigenvalue weighted by Crippen LogP contribution is 2.20. The first-order chi connectivity index (χ1) is 9.18. The summed E-state index contributed by atoms with van der Waals surface area (Å²) in [7, 11) is 0. The summed E-state index contributed by atoms with van der Waals surface area (Å²) in [5, 5.41) is 6.17. The molecule has 0 atom stereocenters. The van der Waals surface area contributed by atoms with Crippen LogP contribution in [0.2, 0.25) is 0 Å². The Morgan fingerprint density at radius 3 is 2.63 bits per heavy atom. The Bertz CT molecular complexity index is 238. The van der Waals surface area contributed by atoms with Crippen molar-refractivity contribution >= 4 is 5.91 Å². The van der Waals surface area contributed by atoms with E-state index in [0.717, 1.165) is 26.1 Å². The Labute approximate surface area is 117 Å². The van der Waals surface area contributed by atoms with E-state index < -0.39 is 0 Å². The molecule has 19 heavy (non-hydrogen) atoms. The smallest absolute Gasteiger partial charge is 0.221 e. The third-order valence-electron chi connectivity index (χ3n) is 3.45. The second-order valence-corrected chi connectivity index (χ2v) is 5.69. The van der Waals surface area contributed by atoms with Crippen LogP contribution in [0.1, 0.15) is 58.8 Å². The van der Waals surface area contributed by atoms with Gasteiger partial charge in [-0.05, 0) is 19.3 Å². The minimum absolute atomic E-state index is 0.130. The van der Waals surface area contributed by atoms with Crippen molar-refractivity contribution in [3.63, 3.8) is 0 Å². The first kappa shape index (κ1) is 16.4. The van der Waals surface area contributed by atoms with Gasteiger partial charge in [0, 0.05) is 32.2 Å². The molecule has 1 amide bonds. The largest absolute Gasteiger partial charge is 0.378 e. The van der Waals surface area contributed by atoms with Crippen molar-refractivity contribution < 1.29 is 9.53 Å². The summed E-state index contributed by atoms with van der Waals surface area (Å²) in [4.78, 5) is 11.5. The molecule has 0 heterocycles. The van der Waals surface area contributed by atoms with E-state index in [9.17, 15) is 4.79 Å². The Morgan fingerprint density at radius 1 is 1.21 bits per heavy atom. The number of hydrogen-bond donors (Lipinski definition) is 2. The molecule has 0 saturated heterocycles. The molecule has 4 nitrogen and oxygen atoms in total. The highest BCUT2D eigenvalue weighted by Gasteiger charge is 2.12. The van der Waals surface area contributed by atoms with E-state index in [1.165, 1.54) is 32.1 Å². The molecule has 2 N–H and O–H groups in total. The molecule has 112 valence electrons. The summed E-state index contributed by atoms with van der Waals surface area (Å²) in [5.41, 5.74) is 0. The van der Waals surface area contributed by atoms with Gasteiger partial charge in [-0.2, -0.15) is 0 Å². The lowest BCUT2D eigenvalue weighted by molar-refractivity contribution is -0.121. The third kappa shape index (κ3) is 9.00. The van der Waals surface area contributed by atoms with Crippen LogP contribution in [0.25, 0.3) is 0 Å².